The molecule has 9 N–H and O–H groups in total. The summed E-state index contributed by atoms with van der Waals surface area (Å²) in [6.45, 7) is 5.41. The van der Waals surface area contributed by atoms with Crippen LogP contribution in [0.2, 0.25) is 0 Å². The molecular formula is C84H90F6N21O13P. The minimum Gasteiger partial charge on any atom is -0.493 e. The van der Waals surface area contributed by atoms with E-state index in [1.165, 1.54) is 40.3 Å². The largest absolute Gasteiger partial charge is 0.493 e. The van der Waals surface area contributed by atoms with Crippen LogP contribution in [-0.4, -0.2) is 211 Å². The molecule has 125 heavy (non-hydrogen) atoms. The molecule has 6 aromatic heterocycles. The molecule has 3 aliphatic heterocycles. The fourth-order valence-corrected chi connectivity index (χ4v) is 16.6. The van der Waals surface area contributed by atoms with Gasteiger partial charge in [-0.2, -0.15) is 15.3 Å². The zero-order valence-electron chi connectivity index (χ0n) is 68.2. The highest BCUT2D eigenvalue weighted by Gasteiger charge is 2.37. The van der Waals surface area contributed by atoms with Gasteiger partial charge < -0.3 is 60.3 Å². The number of phosphoric ester groups is 1. The van der Waals surface area contributed by atoms with E-state index in [-0.39, 0.29) is 74.3 Å². The summed E-state index contributed by atoms with van der Waals surface area (Å²) in [5.74, 6) is -1.60. The summed E-state index contributed by atoms with van der Waals surface area (Å²) in [5.41, 5.74) is 2.85. The smallest absolute Gasteiger partial charge is 0.474 e. The third-order valence-corrected chi connectivity index (χ3v) is 22.6. The van der Waals surface area contributed by atoms with Gasteiger partial charge in [-0.05, 0) is 132 Å². The lowest BCUT2D eigenvalue weighted by molar-refractivity contribution is -0.116. The molecule has 0 aliphatic carbocycles. The minimum absolute atomic E-state index is 0.0198. The average Bonchev–Trinajstić information content (AvgIpc) is 1.35. The van der Waals surface area contributed by atoms with Crippen molar-refractivity contribution in [3.8, 4) is 34.5 Å². The second kappa shape index (κ2) is 40.6. The summed E-state index contributed by atoms with van der Waals surface area (Å²) >= 11 is 0. The van der Waals surface area contributed by atoms with Gasteiger partial charge in [0.2, 0.25) is 17.7 Å². The number of anilines is 9. The number of nitrogens with one attached hydrogen (secondary N) is 9. The lowest BCUT2D eigenvalue weighted by Crippen LogP contribution is -2.36. The molecule has 0 saturated carbocycles. The second-order valence-corrected chi connectivity index (χ2v) is 31.7. The highest BCUT2D eigenvalue weighted by atomic mass is 31.2. The Balaban J connectivity index is 0.556. The molecule has 0 radical (unpaired) electrons. The number of hydrogen-bond donors (Lipinski definition) is 9. The molecule has 0 spiro atoms. The molecule has 3 aliphatic rings. The number of nitrogens with zero attached hydrogens (tertiary/aromatic N) is 12. The number of ether oxygens (including phenoxy) is 6. The normalized spacial score (nSPS) is 15.6. The first-order chi connectivity index (χ1) is 60.7. The van der Waals surface area contributed by atoms with E-state index in [1.807, 2.05) is 0 Å². The first kappa shape index (κ1) is 87.1. The topological polar surface area (TPSA) is 397 Å². The zero-order valence-corrected chi connectivity index (χ0v) is 69.1. The molecule has 41 heteroatoms. The van der Waals surface area contributed by atoms with Crippen molar-refractivity contribution in [2.24, 2.45) is 0 Å². The van der Waals surface area contributed by atoms with Crippen LogP contribution in [0, 0.1) is 34.9 Å². The Bertz CT molecular complexity index is 5270. The van der Waals surface area contributed by atoms with Crippen LogP contribution in [0.4, 0.5) is 78.3 Å². The molecule has 3 saturated heterocycles. The Kier molecular flexibility index (Phi) is 28.3. The molecule has 6 aromatic carbocycles. The molecule has 0 unspecified atom stereocenters. The van der Waals surface area contributed by atoms with Crippen molar-refractivity contribution in [1.82, 2.24) is 75.2 Å². The summed E-state index contributed by atoms with van der Waals surface area (Å²) in [5, 5.41) is 40.0. The van der Waals surface area contributed by atoms with Gasteiger partial charge >= 0.3 is 7.82 Å². The molecule has 3 fully saturated rings. The summed E-state index contributed by atoms with van der Waals surface area (Å²) in [4.78, 5) is 72.0. The van der Waals surface area contributed by atoms with Gasteiger partial charge in [0.05, 0.1) is 96.8 Å². The van der Waals surface area contributed by atoms with Crippen LogP contribution >= 0.6 is 7.82 Å². The molecule has 9 heterocycles. The Morgan fingerprint density at radius 3 is 0.960 bits per heavy atom. The van der Waals surface area contributed by atoms with Gasteiger partial charge in [0.1, 0.15) is 71.3 Å². The Morgan fingerprint density at radius 2 is 0.680 bits per heavy atom. The zero-order chi connectivity index (χ0) is 86.9. The van der Waals surface area contributed by atoms with Crippen LogP contribution in [0.15, 0.2) is 128 Å². The third-order valence-electron chi connectivity index (χ3n) is 21.2. The fraction of sp³-hybridized carbons (Fsp3) is 0.357. The van der Waals surface area contributed by atoms with E-state index in [0.717, 1.165) is 94.6 Å². The molecule has 656 valence electrons. The number of aromatic nitrogens is 12. The number of halogens is 6. The number of carbonyl (C=O) groups excluding carboxylic acids is 3. The van der Waals surface area contributed by atoms with Gasteiger partial charge in [-0.25, -0.2) is 60.8 Å². The first-order valence-corrected chi connectivity index (χ1v) is 42.0. The number of rotatable bonds is 42. The maximum Gasteiger partial charge on any atom is 0.474 e. The molecule has 3 atom stereocenters. The first-order valence-electron chi connectivity index (χ1n) is 40.5. The van der Waals surface area contributed by atoms with Crippen LogP contribution in [-0.2, 0) is 51.8 Å². The number of aromatic amines is 3. The van der Waals surface area contributed by atoms with Gasteiger partial charge in [-0.15, -0.1) is 0 Å². The maximum atomic E-state index is 15.4. The second-order valence-electron chi connectivity index (χ2n) is 30.0. The van der Waals surface area contributed by atoms with Crippen molar-refractivity contribution < 1.29 is 87.3 Å². The highest BCUT2D eigenvalue weighted by Crippen LogP contribution is 2.51. The number of hydrogen-bond acceptors (Lipinski definition) is 28. The fourth-order valence-electron chi connectivity index (χ4n) is 15.4. The molecule has 34 nitrogen and oxygen atoms in total. The van der Waals surface area contributed by atoms with Gasteiger partial charge in [0.15, 0.2) is 52.0 Å². The number of methoxy groups -OCH3 is 3. The Morgan fingerprint density at radius 1 is 0.392 bits per heavy atom. The number of fused-ring (bicyclic) bond motifs is 3. The standard InChI is InChI=1S/C84H90F6N21O13P/c1-116-70-37-64-67(91-46-94-82(64)100-76-31-58(103-106-76)34-79(112)97-55-25-49(85)22-50(86)26-55)40-73(70)119-19-7-16-109-13-4-10-61(109)43-122-125(115,123-44-62-11-5-14-110(62)17-8-20-120-74-41-68-65(38-71(74)117-2)83(95-47-92-68)101-77-32-59(104-107-77)35-80(113)98-56-27-51(87)23-52(88)28-56)124-45-63-12-6-15-111(63)18-9-21-121-75-42-69-66(39-72(75)118-3)84(96-48-93-69)102-78-33-60(105-108-78)36-81(114)99-57-29-53(89)24-54(90)30-57/h22-33,37-42,46-48,61-63H,4-21,34-36,43-45H2,1-3H3,(H,97,112)(H,98,113)(H,99,114)(H2,91,94,100,103,106)(H2,92,95,101,104,107)(H2,93,96,102,105,108)/t61-,62-,63-/m0/s1. The molecule has 3 amide bonds. The van der Waals surface area contributed by atoms with Crippen molar-refractivity contribution in [1.29, 1.82) is 0 Å². The molecular weight excluding hydrogens is 1660 g/mol. The summed E-state index contributed by atoms with van der Waals surface area (Å²) < 4.78 is 154. The lowest BCUT2D eigenvalue weighted by Gasteiger charge is -2.30. The van der Waals surface area contributed by atoms with Crippen LogP contribution in [0.25, 0.3) is 32.7 Å². The highest BCUT2D eigenvalue weighted by molar-refractivity contribution is 7.48. The Labute approximate surface area is 711 Å². The van der Waals surface area contributed by atoms with Crippen molar-refractivity contribution >= 4 is 110 Å². The average molecular weight is 1750 g/mol. The van der Waals surface area contributed by atoms with Crippen LogP contribution in [0.1, 0.15) is 74.9 Å². The number of likely N-dealkylation sites (tertiary alicyclic amines) is 3. The number of carbonyl (C=O) groups is 3. The predicted octanol–water partition coefficient (Wildman–Crippen LogP) is 13.6. The number of benzene rings is 6. The number of amides is 3. The van der Waals surface area contributed by atoms with Crippen molar-refractivity contribution in [3.05, 3.63) is 180 Å². The van der Waals surface area contributed by atoms with Crippen LogP contribution in [0.3, 0.4) is 0 Å². The summed E-state index contributed by atoms with van der Waals surface area (Å²) in [7, 11) is 0.352. The summed E-state index contributed by atoms with van der Waals surface area (Å²) in [6.07, 6.45) is 10.5. The Hall–Kier alpha value is -12.9. The van der Waals surface area contributed by atoms with E-state index in [2.05, 4.69) is 107 Å². The van der Waals surface area contributed by atoms with Gasteiger partial charge in [-0.3, -0.25) is 58.0 Å². The van der Waals surface area contributed by atoms with Gasteiger partial charge in [0.25, 0.3) is 0 Å². The van der Waals surface area contributed by atoms with Gasteiger partial charge in [-0.1, -0.05) is 0 Å². The van der Waals surface area contributed by atoms with E-state index in [1.54, 1.807) is 54.6 Å². The summed E-state index contributed by atoms with van der Waals surface area (Å²) in [6, 6.07) is 23.3. The number of phosphoric acid groups is 1. The lowest BCUT2D eigenvalue weighted by atomic mass is 10.2. The van der Waals surface area contributed by atoms with E-state index < -0.39 is 60.4 Å². The van der Waals surface area contributed by atoms with Crippen molar-refractivity contribution in [2.45, 2.75) is 95.2 Å². The van der Waals surface area contributed by atoms with E-state index >= 15 is 4.57 Å². The molecule has 12 aromatic rings. The quantitative estimate of drug-likeness (QED) is 0.00974. The SMILES string of the molecule is COc1cc2c(Nc3cc(CC(=O)Nc4cc(F)cc(F)c4)[nH]n3)ncnc2cc1OCCCN1CCC[C@H]1COP(=O)(OC[C@@H]1CCCN1CCCOc1cc2ncnc(Nc3cc(CC(=O)Nc4cc(F)cc(F)c4)[nH]n3)c2cc1OC)OC[C@@H]1CCCN1CCCOc1cc2ncnc(Nc3cc(CC(=O)Nc4cc(F)cc(F)c4)[nH]n3)c2cc1OC. The van der Waals surface area contributed by atoms with Crippen LogP contribution < -0.4 is 60.3 Å². The van der Waals surface area contributed by atoms with E-state index in [9.17, 15) is 40.7 Å². The van der Waals surface area contributed by atoms with E-state index in [4.69, 9.17) is 42.0 Å². The minimum atomic E-state index is -4.24. The monoisotopic (exact) mass is 1750 g/mol. The maximum absolute atomic E-state index is 15.4. The van der Waals surface area contributed by atoms with Crippen molar-refractivity contribution in [2.75, 3.05) is 132 Å². The van der Waals surface area contributed by atoms with Gasteiger partial charge in [0, 0.05) is 143 Å². The van der Waals surface area contributed by atoms with Crippen LogP contribution in [0.5, 0.6) is 34.5 Å². The predicted molar refractivity (Wildman–Crippen MR) is 450 cm³/mol. The molecule has 0 bridgehead atoms. The third kappa shape index (κ3) is 23.2. The molecule has 15 rings (SSSR count). The van der Waals surface area contributed by atoms with Crippen molar-refractivity contribution in [3.63, 3.8) is 0 Å². The van der Waals surface area contributed by atoms with E-state index in [0.29, 0.717) is 196 Å². The number of H-pyrrole nitrogens is 3.